The van der Waals surface area contributed by atoms with E-state index in [2.05, 4.69) is 10.6 Å². The molecule has 0 saturated carbocycles. The molecule has 0 aliphatic carbocycles. The van der Waals surface area contributed by atoms with Crippen LogP contribution in [0.2, 0.25) is 0 Å². The minimum atomic E-state index is -0.393. The molecule has 0 atom stereocenters. The molecule has 0 fully saturated rings. The van der Waals surface area contributed by atoms with E-state index in [1.165, 1.54) is 0 Å². The third-order valence-electron chi connectivity index (χ3n) is 2.54. The molecule has 2 aromatic carbocycles. The van der Waals surface area contributed by atoms with Gasteiger partial charge in [0.25, 0.3) is 0 Å². The summed E-state index contributed by atoms with van der Waals surface area (Å²) in [6, 6.07) is 17.5. The molecule has 19 heavy (non-hydrogen) atoms. The Kier molecular flexibility index (Phi) is 4.29. The number of anilines is 1. The molecule has 0 radical (unpaired) electrons. The Bertz CT molecular complexity index is 553. The van der Waals surface area contributed by atoms with Crippen molar-refractivity contribution in [3.05, 3.63) is 66.2 Å². The summed E-state index contributed by atoms with van der Waals surface area (Å²) >= 11 is 0. The van der Waals surface area contributed by atoms with Gasteiger partial charge >= 0.3 is 6.03 Å². The number of hydrogen-bond donors (Lipinski definition) is 2. The fourth-order valence-electron chi connectivity index (χ4n) is 1.58. The van der Waals surface area contributed by atoms with Gasteiger partial charge in [-0.1, -0.05) is 48.5 Å². The topological polar surface area (TPSA) is 58.2 Å². The molecule has 4 heteroatoms. The highest BCUT2D eigenvalue weighted by Crippen LogP contribution is 2.04. The normalized spacial score (nSPS) is 9.68. The Morgan fingerprint density at radius 3 is 2.05 bits per heavy atom. The lowest BCUT2D eigenvalue weighted by Gasteiger charge is -2.06. The second kappa shape index (κ2) is 6.35. The molecule has 4 nitrogen and oxygen atoms in total. The number of carbonyl (C=O) groups is 2. The second-order valence-corrected chi connectivity index (χ2v) is 3.96. The summed E-state index contributed by atoms with van der Waals surface area (Å²) in [5.74, 6) is -0.121. The van der Waals surface area contributed by atoms with Gasteiger partial charge in [-0.25, -0.2) is 4.79 Å². The van der Waals surface area contributed by atoms with E-state index >= 15 is 0 Å². The highest BCUT2D eigenvalue weighted by Gasteiger charge is 2.07. The summed E-state index contributed by atoms with van der Waals surface area (Å²) in [5.41, 5.74) is 1.27. The summed E-state index contributed by atoms with van der Waals surface area (Å²) in [4.78, 5) is 23.3. The quantitative estimate of drug-likeness (QED) is 0.824. The number of para-hydroxylation sites is 1. The van der Waals surface area contributed by atoms with Gasteiger partial charge in [0, 0.05) is 11.3 Å². The number of amides is 2. The summed E-state index contributed by atoms with van der Waals surface area (Å²) < 4.78 is 0. The zero-order valence-corrected chi connectivity index (χ0v) is 10.3. The number of Topliss-reactive ketones (excluding diaryl/α,β-unsaturated/α-hetero) is 1. The van der Waals surface area contributed by atoms with Crippen molar-refractivity contribution in [2.45, 2.75) is 0 Å². The predicted molar refractivity (Wildman–Crippen MR) is 74.2 cm³/mol. The van der Waals surface area contributed by atoms with Gasteiger partial charge in [0.2, 0.25) is 0 Å². The Hall–Kier alpha value is -2.62. The molecule has 2 N–H and O–H groups in total. The largest absolute Gasteiger partial charge is 0.330 e. The Morgan fingerprint density at radius 2 is 1.42 bits per heavy atom. The van der Waals surface area contributed by atoms with Crippen molar-refractivity contribution in [1.29, 1.82) is 0 Å². The molecular weight excluding hydrogens is 240 g/mol. The predicted octanol–water partition coefficient (Wildman–Crippen LogP) is 2.69. The van der Waals surface area contributed by atoms with E-state index in [0.29, 0.717) is 11.3 Å². The van der Waals surface area contributed by atoms with Crippen LogP contribution in [0.25, 0.3) is 0 Å². The lowest BCUT2D eigenvalue weighted by molar-refractivity contribution is 0.0993. The van der Waals surface area contributed by atoms with Gasteiger partial charge in [-0.2, -0.15) is 0 Å². The van der Waals surface area contributed by atoms with Crippen LogP contribution in [0.3, 0.4) is 0 Å². The highest BCUT2D eigenvalue weighted by atomic mass is 16.2. The van der Waals surface area contributed by atoms with Crippen molar-refractivity contribution < 1.29 is 9.59 Å². The van der Waals surface area contributed by atoms with E-state index in [9.17, 15) is 9.59 Å². The van der Waals surface area contributed by atoms with Crippen LogP contribution in [0.5, 0.6) is 0 Å². The molecular formula is C15H14N2O2. The maximum absolute atomic E-state index is 11.8. The number of nitrogens with one attached hydrogen (secondary N) is 2. The van der Waals surface area contributed by atoms with Crippen LogP contribution in [0.15, 0.2) is 60.7 Å². The lowest BCUT2D eigenvalue weighted by Crippen LogP contribution is -2.33. The summed E-state index contributed by atoms with van der Waals surface area (Å²) in [5, 5.41) is 5.18. The van der Waals surface area contributed by atoms with E-state index in [1.807, 2.05) is 24.3 Å². The Labute approximate surface area is 111 Å². The first-order valence-corrected chi connectivity index (χ1v) is 5.94. The SMILES string of the molecule is O=C(NCC(=O)c1ccccc1)Nc1ccccc1. The second-order valence-electron chi connectivity index (χ2n) is 3.96. The molecule has 0 heterocycles. The van der Waals surface area contributed by atoms with Crippen LogP contribution in [0.1, 0.15) is 10.4 Å². The molecule has 0 aliphatic rings. The molecule has 2 amide bonds. The molecule has 96 valence electrons. The fourth-order valence-corrected chi connectivity index (χ4v) is 1.58. The zero-order chi connectivity index (χ0) is 13.5. The van der Waals surface area contributed by atoms with Gasteiger partial charge in [-0.3, -0.25) is 4.79 Å². The van der Waals surface area contributed by atoms with Crippen LogP contribution in [-0.4, -0.2) is 18.4 Å². The molecule has 0 bridgehead atoms. The van der Waals surface area contributed by atoms with Crippen LogP contribution in [0, 0.1) is 0 Å². The van der Waals surface area contributed by atoms with Gasteiger partial charge in [-0.05, 0) is 12.1 Å². The Balaban J connectivity index is 1.83. The number of carbonyl (C=O) groups excluding carboxylic acids is 2. The molecule has 2 aromatic rings. The molecule has 2 rings (SSSR count). The van der Waals surface area contributed by atoms with Crippen LogP contribution in [-0.2, 0) is 0 Å². The number of hydrogen-bond acceptors (Lipinski definition) is 2. The van der Waals surface area contributed by atoms with Crippen molar-refractivity contribution in [3.8, 4) is 0 Å². The van der Waals surface area contributed by atoms with Gasteiger partial charge in [0.1, 0.15) is 0 Å². The first-order chi connectivity index (χ1) is 9.25. The lowest BCUT2D eigenvalue weighted by atomic mass is 10.1. The zero-order valence-electron chi connectivity index (χ0n) is 10.3. The summed E-state index contributed by atoms with van der Waals surface area (Å²) in [6.45, 7) is -0.0251. The number of ketones is 1. The van der Waals surface area contributed by atoms with E-state index in [4.69, 9.17) is 0 Å². The minimum Gasteiger partial charge on any atom is -0.330 e. The van der Waals surface area contributed by atoms with E-state index < -0.39 is 6.03 Å². The van der Waals surface area contributed by atoms with Crippen molar-refractivity contribution in [3.63, 3.8) is 0 Å². The summed E-state index contributed by atoms with van der Waals surface area (Å²) in [7, 11) is 0. The van der Waals surface area contributed by atoms with E-state index in [-0.39, 0.29) is 12.3 Å². The summed E-state index contributed by atoms with van der Waals surface area (Å²) in [6.07, 6.45) is 0. The van der Waals surface area contributed by atoms with Crippen LogP contribution >= 0.6 is 0 Å². The van der Waals surface area contributed by atoms with Crippen LogP contribution in [0.4, 0.5) is 10.5 Å². The molecule has 0 aliphatic heterocycles. The smallest absolute Gasteiger partial charge is 0.319 e. The van der Waals surface area contributed by atoms with Gasteiger partial charge < -0.3 is 10.6 Å². The first kappa shape index (κ1) is 12.8. The maximum Gasteiger partial charge on any atom is 0.319 e. The van der Waals surface area contributed by atoms with Gasteiger partial charge in [-0.15, -0.1) is 0 Å². The van der Waals surface area contributed by atoms with Crippen LogP contribution < -0.4 is 10.6 Å². The monoisotopic (exact) mass is 254 g/mol. The third kappa shape index (κ3) is 3.96. The maximum atomic E-state index is 11.8. The highest BCUT2D eigenvalue weighted by molar-refractivity contribution is 6.00. The third-order valence-corrected chi connectivity index (χ3v) is 2.54. The van der Waals surface area contributed by atoms with Crippen molar-refractivity contribution in [2.75, 3.05) is 11.9 Å². The first-order valence-electron chi connectivity index (χ1n) is 5.94. The molecule has 0 unspecified atom stereocenters. The van der Waals surface area contributed by atoms with Crippen molar-refractivity contribution >= 4 is 17.5 Å². The van der Waals surface area contributed by atoms with E-state index in [1.54, 1.807) is 36.4 Å². The number of urea groups is 1. The average molecular weight is 254 g/mol. The Morgan fingerprint density at radius 1 is 0.842 bits per heavy atom. The fraction of sp³-hybridized carbons (Fsp3) is 0.0667. The van der Waals surface area contributed by atoms with Gasteiger partial charge in [0.05, 0.1) is 6.54 Å². The number of benzene rings is 2. The molecule has 0 aromatic heterocycles. The molecule has 0 spiro atoms. The minimum absolute atomic E-state index is 0.0251. The average Bonchev–Trinajstić information content (AvgIpc) is 2.47. The standard InChI is InChI=1S/C15H14N2O2/c18-14(12-7-3-1-4-8-12)11-16-15(19)17-13-9-5-2-6-10-13/h1-10H,11H2,(H2,16,17,19). The van der Waals surface area contributed by atoms with Gasteiger partial charge in [0.15, 0.2) is 5.78 Å². The van der Waals surface area contributed by atoms with Crippen molar-refractivity contribution in [1.82, 2.24) is 5.32 Å². The van der Waals surface area contributed by atoms with E-state index in [0.717, 1.165) is 0 Å². The number of rotatable bonds is 4. The van der Waals surface area contributed by atoms with Crippen molar-refractivity contribution in [2.24, 2.45) is 0 Å². The molecule has 0 saturated heterocycles.